The number of anilines is 2. The van der Waals surface area contributed by atoms with Crippen LogP contribution in [0, 0.1) is 5.92 Å². The normalized spacial score (nSPS) is 14.7. The fourth-order valence-electron chi connectivity index (χ4n) is 5.16. The quantitative estimate of drug-likeness (QED) is 0.414. The third-order valence-electron chi connectivity index (χ3n) is 7.21. The van der Waals surface area contributed by atoms with Gasteiger partial charge in [-0.2, -0.15) is 0 Å². The molecule has 35 heavy (non-hydrogen) atoms. The first-order chi connectivity index (χ1) is 17.1. The van der Waals surface area contributed by atoms with Crippen molar-refractivity contribution >= 4 is 17.3 Å². The van der Waals surface area contributed by atoms with Crippen LogP contribution in [0.25, 0.3) is 0 Å². The number of nitrogens with two attached hydrogens (primary N) is 1. The summed E-state index contributed by atoms with van der Waals surface area (Å²) in [4.78, 5) is 17.8. The molecule has 1 heterocycles. The Bertz CT molecular complexity index is 1030. The number of carbonyl (C=O) groups excluding carboxylic acids is 1. The van der Waals surface area contributed by atoms with Crippen LogP contribution in [0.1, 0.15) is 54.2 Å². The number of rotatable bonds is 9. The Balaban J connectivity index is 1.37. The van der Waals surface area contributed by atoms with Gasteiger partial charge in [-0.05, 0) is 75.0 Å². The van der Waals surface area contributed by atoms with E-state index in [9.17, 15) is 4.79 Å². The topological polar surface area (TPSA) is 61.6 Å². The van der Waals surface area contributed by atoms with E-state index in [0.29, 0.717) is 23.7 Å². The third-order valence-corrected chi connectivity index (χ3v) is 7.21. The van der Waals surface area contributed by atoms with Gasteiger partial charge in [0.25, 0.3) is 5.91 Å². The molecule has 184 valence electrons. The van der Waals surface area contributed by atoms with Crippen molar-refractivity contribution in [3.05, 3.63) is 95.6 Å². The Morgan fingerprint density at radius 1 is 0.943 bits per heavy atom. The molecule has 0 aliphatic carbocycles. The molecule has 0 unspecified atom stereocenters. The standard InChI is InChI=1S/C30H38N4O/c1-3-33(4-2)26-15-16-28(31)27(21-26)30(35)32-22-23-17-19-34(20-18-23)29(24-11-7-5-8-12-24)25-13-9-6-10-14-25/h5-16,21,23,29H,3-4,17-20,22,31H2,1-2H3,(H,32,35). The summed E-state index contributed by atoms with van der Waals surface area (Å²) in [5.74, 6) is 0.389. The molecule has 4 rings (SSSR count). The number of nitrogen functional groups attached to an aromatic ring is 1. The van der Waals surface area contributed by atoms with Gasteiger partial charge in [-0.25, -0.2) is 0 Å². The first-order valence-corrected chi connectivity index (χ1v) is 12.9. The van der Waals surface area contributed by atoms with Crippen LogP contribution in [-0.2, 0) is 0 Å². The second-order valence-corrected chi connectivity index (χ2v) is 9.36. The summed E-state index contributed by atoms with van der Waals surface area (Å²) < 4.78 is 0. The van der Waals surface area contributed by atoms with Crippen molar-refractivity contribution in [1.82, 2.24) is 10.2 Å². The summed E-state index contributed by atoms with van der Waals surface area (Å²) in [6.07, 6.45) is 2.12. The van der Waals surface area contributed by atoms with Crippen LogP contribution in [0.15, 0.2) is 78.9 Å². The van der Waals surface area contributed by atoms with Crippen LogP contribution < -0.4 is 16.0 Å². The first-order valence-electron chi connectivity index (χ1n) is 12.9. The van der Waals surface area contributed by atoms with Gasteiger partial charge >= 0.3 is 0 Å². The van der Waals surface area contributed by atoms with Crippen molar-refractivity contribution in [2.75, 3.05) is 43.4 Å². The number of likely N-dealkylation sites (tertiary alicyclic amines) is 1. The highest BCUT2D eigenvalue weighted by Gasteiger charge is 2.27. The van der Waals surface area contributed by atoms with Crippen LogP contribution in [0.4, 0.5) is 11.4 Å². The summed E-state index contributed by atoms with van der Waals surface area (Å²) in [7, 11) is 0. The van der Waals surface area contributed by atoms with Crippen molar-refractivity contribution in [2.45, 2.75) is 32.7 Å². The van der Waals surface area contributed by atoms with Gasteiger partial charge in [0, 0.05) is 31.0 Å². The number of benzene rings is 3. The van der Waals surface area contributed by atoms with Gasteiger partial charge in [0.2, 0.25) is 0 Å². The van der Waals surface area contributed by atoms with Gasteiger partial charge in [-0.3, -0.25) is 9.69 Å². The fraction of sp³-hybridized carbons (Fsp3) is 0.367. The molecular formula is C30H38N4O. The maximum absolute atomic E-state index is 13.0. The average molecular weight is 471 g/mol. The van der Waals surface area contributed by atoms with Crippen LogP contribution in [-0.4, -0.2) is 43.5 Å². The predicted molar refractivity (Wildman–Crippen MR) is 146 cm³/mol. The monoisotopic (exact) mass is 470 g/mol. The van der Waals surface area contributed by atoms with E-state index in [2.05, 4.69) is 89.6 Å². The van der Waals surface area contributed by atoms with E-state index in [1.807, 2.05) is 18.2 Å². The van der Waals surface area contributed by atoms with Gasteiger partial charge in [0.05, 0.1) is 11.6 Å². The van der Waals surface area contributed by atoms with E-state index in [1.165, 1.54) is 11.1 Å². The molecule has 1 fully saturated rings. The summed E-state index contributed by atoms with van der Waals surface area (Å²) in [6, 6.07) is 27.5. The van der Waals surface area contributed by atoms with Crippen LogP contribution in [0.2, 0.25) is 0 Å². The summed E-state index contributed by atoms with van der Waals surface area (Å²) in [6.45, 7) is 8.73. The third kappa shape index (κ3) is 6.04. The fourth-order valence-corrected chi connectivity index (χ4v) is 5.16. The summed E-state index contributed by atoms with van der Waals surface area (Å²) >= 11 is 0. The van der Waals surface area contributed by atoms with E-state index < -0.39 is 0 Å². The van der Waals surface area contributed by atoms with Gasteiger partial charge in [-0.15, -0.1) is 0 Å². The molecule has 0 saturated carbocycles. The van der Waals surface area contributed by atoms with Gasteiger partial charge in [0.15, 0.2) is 0 Å². The van der Waals surface area contributed by atoms with Crippen LogP contribution >= 0.6 is 0 Å². The molecule has 0 bridgehead atoms. The molecule has 0 radical (unpaired) electrons. The number of piperidine rings is 1. The second kappa shape index (κ2) is 11.9. The molecular weight excluding hydrogens is 432 g/mol. The molecule has 5 heteroatoms. The lowest BCUT2D eigenvalue weighted by molar-refractivity contribution is 0.0931. The van der Waals surface area contributed by atoms with Crippen LogP contribution in [0.3, 0.4) is 0 Å². The molecule has 0 aromatic heterocycles. The number of nitrogens with one attached hydrogen (secondary N) is 1. The van der Waals surface area contributed by atoms with E-state index in [-0.39, 0.29) is 11.9 Å². The van der Waals surface area contributed by atoms with E-state index in [1.54, 1.807) is 0 Å². The molecule has 1 amide bonds. The Labute approximate surface area is 209 Å². The van der Waals surface area contributed by atoms with Crippen molar-refractivity contribution < 1.29 is 4.79 Å². The Morgan fingerprint density at radius 3 is 2.06 bits per heavy atom. The zero-order valence-corrected chi connectivity index (χ0v) is 21.0. The highest BCUT2D eigenvalue weighted by Crippen LogP contribution is 2.32. The van der Waals surface area contributed by atoms with Gasteiger partial charge in [-0.1, -0.05) is 60.7 Å². The molecule has 1 saturated heterocycles. The largest absolute Gasteiger partial charge is 0.398 e. The zero-order chi connectivity index (χ0) is 24.6. The molecule has 0 atom stereocenters. The van der Waals surface area contributed by atoms with Crippen LogP contribution in [0.5, 0.6) is 0 Å². The lowest BCUT2D eigenvalue weighted by atomic mass is 9.91. The molecule has 3 N–H and O–H groups in total. The van der Waals surface area contributed by atoms with E-state index >= 15 is 0 Å². The average Bonchev–Trinajstić information content (AvgIpc) is 2.91. The number of hydrogen-bond donors (Lipinski definition) is 2. The number of nitrogens with zero attached hydrogens (tertiary/aromatic N) is 2. The van der Waals surface area contributed by atoms with E-state index in [0.717, 1.165) is 44.7 Å². The molecule has 3 aromatic rings. The van der Waals surface area contributed by atoms with E-state index in [4.69, 9.17) is 5.73 Å². The zero-order valence-electron chi connectivity index (χ0n) is 21.0. The minimum absolute atomic E-state index is 0.0783. The van der Waals surface area contributed by atoms with Crippen molar-refractivity contribution in [1.29, 1.82) is 0 Å². The maximum atomic E-state index is 13.0. The molecule has 1 aliphatic heterocycles. The maximum Gasteiger partial charge on any atom is 0.253 e. The smallest absolute Gasteiger partial charge is 0.253 e. The second-order valence-electron chi connectivity index (χ2n) is 9.36. The van der Waals surface area contributed by atoms with Crippen molar-refractivity contribution in [3.63, 3.8) is 0 Å². The minimum Gasteiger partial charge on any atom is -0.398 e. The molecule has 3 aromatic carbocycles. The lowest BCUT2D eigenvalue weighted by Gasteiger charge is -2.38. The predicted octanol–water partition coefficient (Wildman–Crippen LogP) is 5.35. The summed E-state index contributed by atoms with van der Waals surface area (Å²) in [5.41, 5.74) is 11.0. The number of amides is 1. The summed E-state index contributed by atoms with van der Waals surface area (Å²) in [5, 5.41) is 3.16. The minimum atomic E-state index is -0.0783. The Morgan fingerprint density at radius 2 is 1.51 bits per heavy atom. The van der Waals surface area contributed by atoms with Crippen molar-refractivity contribution in [3.8, 4) is 0 Å². The highest BCUT2D eigenvalue weighted by atomic mass is 16.1. The highest BCUT2D eigenvalue weighted by molar-refractivity contribution is 6.00. The van der Waals surface area contributed by atoms with Gasteiger partial charge < -0.3 is 16.0 Å². The number of hydrogen-bond acceptors (Lipinski definition) is 4. The van der Waals surface area contributed by atoms with Gasteiger partial charge in [0.1, 0.15) is 0 Å². The molecule has 1 aliphatic rings. The lowest BCUT2D eigenvalue weighted by Crippen LogP contribution is -2.40. The number of carbonyl (C=O) groups is 1. The SMILES string of the molecule is CCN(CC)c1ccc(N)c(C(=O)NCC2CCN(C(c3ccccc3)c3ccccc3)CC2)c1. The van der Waals surface area contributed by atoms with Crippen molar-refractivity contribution in [2.24, 2.45) is 5.92 Å². The molecule has 5 nitrogen and oxygen atoms in total. The Hall–Kier alpha value is -3.31. The molecule has 0 spiro atoms. The Kier molecular flexibility index (Phi) is 8.43. The first kappa shape index (κ1) is 24.8.